The molecule has 7 nitrogen and oxygen atoms in total. The van der Waals surface area contributed by atoms with Crippen molar-refractivity contribution in [3.05, 3.63) is 59.2 Å². The fourth-order valence-electron chi connectivity index (χ4n) is 3.90. The van der Waals surface area contributed by atoms with Gasteiger partial charge >= 0.3 is 0 Å². The first kappa shape index (κ1) is 24.2. The van der Waals surface area contributed by atoms with Gasteiger partial charge in [-0.3, -0.25) is 4.99 Å². The molecule has 2 aromatic carbocycles. The van der Waals surface area contributed by atoms with Gasteiger partial charge in [0.2, 0.25) is 0 Å². The highest BCUT2D eigenvalue weighted by Crippen LogP contribution is 2.29. The monoisotopic (exact) mass is 553 g/mol. The van der Waals surface area contributed by atoms with Crippen LogP contribution in [0.25, 0.3) is 11.0 Å². The normalized spacial score (nSPS) is 13.3. The van der Waals surface area contributed by atoms with Gasteiger partial charge in [-0.1, -0.05) is 12.1 Å². The SMILES string of the molecule is CN=C(NCCCn1c(C)nc2ccccc21)NCCc1cc(F)cc2c1OCOC2.I. The van der Waals surface area contributed by atoms with Crippen LogP contribution in [0.5, 0.6) is 5.75 Å². The van der Waals surface area contributed by atoms with Crippen LogP contribution in [0.4, 0.5) is 4.39 Å². The van der Waals surface area contributed by atoms with E-state index in [-0.39, 0.29) is 36.6 Å². The number of hydrogen-bond acceptors (Lipinski definition) is 4. The fraction of sp³-hybridized carbons (Fsp3) is 0.391. The second kappa shape index (κ2) is 11.5. The zero-order valence-corrected chi connectivity index (χ0v) is 20.7. The molecule has 0 fully saturated rings. The van der Waals surface area contributed by atoms with Crippen molar-refractivity contribution < 1.29 is 13.9 Å². The molecule has 0 radical (unpaired) electrons. The standard InChI is InChI=1S/C23H28FN5O2.HI/c1-16-28-20-6-3-4-7-21(20)29(16)11-5-9-26-23(25-2)27-10-8-17-12-19(24)13-18-14-30-15-31-22(17)18;/h3-4,6-7,12-13H,5,8-11,14-15H2,1-2H3,(H2,25,26,27);1H. The van der Waals surface area contributed by atoms with Crippen molar-refractivity contribution in [3.8, 4) is 5.75 Å². The van der Waals surface area contributed by atoms with E-state index < -0.39 is 0 Å². The highest BCUT2D eigenvalue weighted by Gasteiger charge is 2.16. The Morgan fingerprint density at radius 2 is 2.03 bits per heavy atom. The Balaban J connectivity index is 0.00000289. The summed E-state index contributed by atoms with van der Waals surface area (Å²) in [5.41, 5.74) is 3.78. The number of aliphatic imine (C=N–C) groups is 1. The summed E-state index contributed by atoms with van der Waals surface area (Å²) in [6.45, 7) is 4.89. The van der Waals surface area contributed by atoms with Crippen LogP contribution in [0.1, 0.15) is 23.4 Å². The first-order valence-electron chi connectivity index (χ1n) is 10.5. The molecule has 0 amide bonds. The minimum Gasteiger partial charge on any atom is -0.467 e. The number of hydrogen-bond donors (Lipinski definition) is 2. The molecule has 32 heavy (non-hydrogen) atoms. The number of aromatic nitrogens is 2. The average Bonchev–Trinajstić information content (AvgIpc) is 3.10. The van der Waals surface area contributed by atoms with Gasteiger partial charge in [-0.25, -0.2) is 9.37 Å². The molecule has 1 aromatic heterocycles. The van der Waals surface area contributed by atoms with Crippen LogP contribution < -0.4 is 15.4 Å². The van der Waals surface area contributed by atoms with E-state index >= 15 is 0 Å². The van der Waals surface area contributed by atoms with Gasteiger partial charge < -0.3 is 24.7 Å². The van der Waals surface area contributed by atoms with E-state index in [1.165, 1.54) is 12.1 Å². The number of rotatable bonds is 7. The number of imidazole rings is 1. The molecule has 0 unspecified atom stereocenters. The topological polar surface area (TPSA) is 72.7 Å². The summed E-state index contributed by atoms with van der Waals surface area (Å²) < 4.78 is 26.9. The van der Waals surface area contributed by atoms with E-state index in [2.05, 4.69) is 31.2 Å². The number of ether oxygens (including phenoxy) is 2. The van der Waals surface area contributed by atoms with Gasteiger partial charge in [-0.15, -0.1) is 24.0 Å². The first-order valence-corrected chi connectivity index (χ1v) is 10.5. The fourth-order valence-corrected chi connectivity index (χ4v) is 3.90. The van der Waals surface area contributed by atoms with Gasteiger partial charge in [-0.05, 0) is 49.6 Å². The van der Waals surface area contributed by atoms with E-state index in [4.69, 9.17) is 9.47 Å². The van der Waals surface area contributed by atoms with Crippen LogP contribution in [-0.2, 0) is 24.3 Å². The molecule has 2 heterocycles. The van der Waals surface area contributed by atoms with Crippen molar-refractivity contribution in [3.63, 3.8) is 0 Å². The second-order valence-corrected chi connectivity index (χ2v) is 7.49. The van der Waals surface area contributed by atoms with Crippen molar-refractivity contribution in [2.24, 2.45) is 4.99 Å². The molecular weight excluding hydrogens is 524 g/mol. The first-order chi connectivity index (χ1) is 15.2. The maximum atomic E-state index is 13.9. The highest BCUT2D eigenvalue weighted by molar-refractivity contribution is 14.0. The Bertz CT molecular complexity index is 1090. The number of benzene rings is 2. The van der Waals surface area contributed by atoms with E-state index in [9.17, 15) is 4.39 Å². The van der Waals surface area contributed by atoms with E-state index in [0.717, 1.165) is 59.2 Å². The molecular formula is C23H29FIN5O2. The Morgan fingerprint density at radius 3 is 2.88 bits per heavy atom. The summed E-state index contributed by atoms with van der Waals surface area (Å²) in [6.07, 6.45) is 1.56. The molecule has 0 saturated carbocycles. The highest BCUT2D eigenvalue weighted by atomic mass is 127. The molecule has 0 atom stereocenters. The quantitative estimate of drug-likeness (QED) is 0.202. The van der Waals surface area contributed by atoms with Crippen LogP contribution in [0.3, 0.4) is 0 Å². The van der Waals surface area contributed by atoms with Crippen molar-refractivity contribution in [1.82, 2.24) is 20.2 Å². The third-order valence-corrected chi connectivity index (χ3v) is 5.36. The summed E-state index contributed by atoms with van der Waals surface area (Å²) in [5, 5.41) is 6.63. The van der Waals surface area contributed by atoms with Crippen LogP contribution in [0.2, 0.25) is 0 Å². The Hall–Kier alpha value is -2.40. The number of halogens is 2. The molecule has 1 aliphatic rings. The van der Waals surface area contributed by atoms with Gasteiger partial charge in [0.1, 0.15) is 17.4 Å². The number of aryl methyl sites for hydroxylation is 2. The van der Waals surface area contributed by atoms with Gasteiger partial charge in [0.15, 0.2) is 12.8 Å². The zero-order chi connectivity index (χ0) is 21.6. The summed E-state index contributed by atoms with van der Waals surface area (Å²) >= 11 is 0. The molecule has 9 heteroatoms. The lowest BCUT2D eigenvalue weighted by Gasteiger charge is -2.21. The Labute approximate surface area is 204 Å². The summed E-state index contributed by atoms with van der Waals surface area (Å²) in [4.78, 5) is 8.89. The molecule has 1 aliphatic heterocycles. The maximum Gasteiger partial charge on any atom is 0.190 e. The van der Waals surface area contributed by atoms with Gasteiger partial charge in [0, 0.05) is 32.2 Å². The average molecular weight is 553 g/mol. The maximum absolute atomic E-state index is 13.9. The Kier molecular flexibility index (Phi) is 8.68. The predicted octanol–water partition coefficient (Wildman–Crippen LogP) is 3.77. The molecule has 0 spiro atoms. The van der Waals surface area contributed by atoms with Crippen LogP contribution >= 0.6 is 24.0 Å². The third-order valence-electron chi connectivity index (χ3n) is 5.36. The van der Waals surface area contributed by atoms with Gasteiger partial charge in [-0.2, -0.15) is 0 Å². The third kappa shape index (κ3) is 5.69. The summed E-state index contributed by atoms with van der Waals surface area (Å²) in [7, 11) is 1.74. The lowest BCUT2D eigenvalue weighted by atomic mass is 10.1. The smallest absolute Gasteiger partial charge is 0.190 e. The van der Waals surface area contributed by atoms with Crippen LogP contribution in [0.15, 0.2) is 41.4 Å². The predicted molar refractivity (Wildman–Crippen MR) is 134 cm³/mol. The summed E-state index contributed by atoms with van der Waals surface area (Å²) in [5.74, 6) is 2.21. The van der Waals surface area contributed by atoms with E-state index in [0.29, 0.717) is 19.6 Å². The van der Waals surface area contributed by atoms with Crippen molar-refractivity contribution in [2.45, 2.75) is 32.9 Å². The second-order valence-electron chi connectivity index (χ2n) is 7.49. The molecule has 4 rings (SSSR count). The molecule has 0 saturated heterocycles. The van der Waals surface area contributed by atoms with Gasteiger partial charge in [0.25, 0.3) is 0 Å². The van der Waals surface area contributed by atoms with Crippen molar-refractivity contribution in [2.75, 3.05) is 26.9 Å². The van der Waals surface area contributed by atoms with Gasteiger partial charge in [0.05, 0.1) is 17.6 Å². The van der Waals surface area contributed by atoms with Crippen LogP contribution in [-0.4, -0.2) is 42.4 Å². The lowest BCUT2D eigenvalue weighted by molar-refractivity contribution is -0.0172. The molecule has 172 valence electrons. The molecule has 0 bridgehead atoms. The number of fused-ring (bicyclic) bond motifs is 2. The van der Waals surface area contributed by atoms with E-state index in [1.807, 2.05) is 25.1 Å². The number of guanidine groups is 1. The Morgan fingerprint density at radius 1 is 1.22 bits per heavy atom. The molecule has 3 aromatic rings. The molecule has 0 aliphatic carbocycles. The molecule has 2 N–H and O–H groups in total. The zero-order valence-electron chi connectivity index (χ0n) is 18.4. The minimum atomic E-state index is -0.271. The minimum absolute atomic E-state index is 0. The number of nitrogens with zero attached hydrogens (tertiary/aromatic N) is 3. The van der Waals surface area contributed by atoms with Crippen LogP contribution in [0, 0.1) is 12.7 Å². The van der Waals surface area contributed by atoms with E-state index in [1.54, 1.807) is 7.05 Å². The van der Waals surface area contributed by atoms with Crippen molar-refractivity contribution >= 4 is 41.0 Å². The number of nitrogens with one attached hydrogen (secondary N) is 2. The van der Waals surface area contributed by atoms with Crippen molar-refractivity contribution in [1.29, 1.82) is 0 Å². The summed E-state index contributed by atoms with van der Waals surface area (Å²) in [6, 6.07) is 11.2. The largest absolute Gasteiger partial charge is 0.467 e. The number of para-hydroxylation sites is 2. The lowest BCUT2D eigenvalue weighted by Crippen LogP contribution is -2.39.